The number of benzene rings is 9. The second kappa shape index (κ2) is 33.3. The lowest BCUT2D eigenvalue weighted by Crippen LogP contribution is -2.50. The topological polar surface area (TPSA) is 212 Å². The van der Waals surface area contributed by atoms with Crippen LogP contribution in [0.3, 0.4) is 0 Å². The number of carbonyl (C=O) groups is 3. The summed E-state index contributed by atoms with van der Waals surface area (Å²) in [6.45, 7) is 7.00. The molecule has 0 bridgehead atoms. The Bertz CT molecular complexity index is 5710. The molecule has 0 aliphatic carbocycles. The van der Waals surface area contributed by atoms with Crippen LogP contribution < -0.4 is 14.7 Å². The third kappa shape index (κ3) is 17.0. The number of halogens is 6. The zero-order valence-electron chi connectivity index (χ0n) is 60.2. The molecule has 0 radical (unpaired) electrons. The summed E-state index contributed by atoms with van der Waals surface area (Å²) in [7, 11) is 0. The third-order valence-electron chi connectivity index (χ3n) is 19.6. The Morgan fingerprint density at radius 3 is 1.09 bits per heavy atom. The first-order valence-electron chi connectivity index (χ1n) is 36.3. The van der Waals surface area contributed by atoms with Gasteiger partial charge in [0, 0.05) is 135 Å². The normalized spacial score (nSPS) is 13.7. The summed E-state index contributed by atoms with van der Waals surface area (Å²) in [4.78, 5) is 74.8. The van der Waals surface area contributed by atoms with Gasteiger partial charge in [-0.2, -0.15) is 5.26 Å². The van der Waals surface area contributed by atoms with Crippen LogP contribution in [0, 0.1) is 46.2 Å². The number of aromatic nitrogens is 11. The van der Waals surface area contributed by atoms with Gasteiger partial charge in [-0.05, 0) is 181 Å². The summed E-state index contributed by atoms with van der Waals surface area (Å²) in [5, 5.41) is 27.5. The van der Waals surface area contributed by atoms with E-state index >= 15 is 0 Å². The van der Waals surface area contributed by atoms with Crippen molar-refractivity contribution < 1.29 is 40.7 Å². The number of para-hydroxylation sites is 1. The molecule has 3 aliphatic rings. The molecule has 8 heterocycles. The number of piperazine rings is 3. The molecule has 5 aromatic heterocycles. The van der Waals surface area contributed by atoms with Gasteiger partial charge in [-0.25, -0.2) is 65.3 Å². The molecule has 27 heteroatoms. The van der Waals surface area contributed by atoms with Crippen LogP contribution in [0.1, 0.15) is 5.56 Å². The lowest BCUT2D eigenvalue weighted by molar-refractivity contribution is -0.133. The van der Waals surface area contributed by atoms with Gasteiger partial charge >= 0.3 is 0 Å². The smallest absolute Gasteiger partial charge is 0.244 e. The highest BCUT2D eigenvalue weighted by molar-refractivity contribution is 5.92. The summed E-state index contributed by atoms with van der Waals surface area (Å²) >= 11 is 0. The highest BCUT2D eigenvalue weighted by Crippen LogP contribution is 2.31. The van der Waals surface area contributed by atoms with E-state index in [0.29, 0.717) is 152 Å². The monoisotopic (exact) mass is 1500 g/mol. The van der Waals surface area contributed by atoms with Gasteiger partial charge in [0.05, 0.1) is 11.3 Å². The summed E-state index contributed by atoms with van der Waals surface area (Å²) in [6.07, 6.45) is 3.69. The molecule has 0 N–H and O–H groups in total. The molecule has 0 spiro atoms. The molecule has 112 heavy (non-hydrogen) atoms. The van der Waals surface area contributed by atoms with Crippen molar-refractivity contribution in [2.45, 2.75) is 19.6 Å². The van der Waals surface area contributed by atoms with E-state index in [1.807, 2.05) is 76.8 Å². The van der Waals surface area contributed by atoms with Crippen molar-refractivity contribution in [2.75, 3.05) is 93.2 Å². The van der Waals surface area contributed by atoms with E-state index in [9.17, 15) is 46.0 Å². The van der Waals surface area contributed by atoms with Gasteiger partial charge in [-0.15, -0.1) is 15.3 Å². The van der Waals surface area contributed by atoms with E-state index in [2.05, 4.69) is 85.3 Å². The average Bonchev–Trinajstić information content (AvgIpc) is 1.53. The Morgan fingerprint density at radius 2 is 0.688 bits per heavy atom. The van der Waals surface area contributed by atoms with Crippen molar-refractivity contribution in [1.29, 1.82) is 5.26 Å². The maximum absolute atomic E-state index is 13.6. The van der Waals surface area contributed by atoms with Crippen molar-refractivity contribution in [3.05, 3.63) is 283 Å². The zero-order chi connectivity index (χ0) is 77.2. The van der Waals surface area contributed by atoms with Gasteiger partial charge < -0.3 is 29.4 Å². The number of nitriles is 1. The molecule has 0 saturated carbocycles. The minimum Gasteiger partial charge on any atom is -0.367 e. The Morgan fingerprint density at radius 1 is 0.348 bits per heavy atom. The highest BCUT2D eigenvalue weighted by atomic mass is 19.1. The molecule has 3 aliphatic heterocycles. The quantitative estimate of drug-likeness (QED) is 0.0873. The highest BCUT2D eigenvalue weighted by Gasteiger charge is 2.29. The van der Waals surface area contributed by atoms with E-state index in [-0.39, 0.29) is 72.3 Å². The number of carbonyl (C=O) groups excluding carboxylic acids is 3. The molecule has 0 unspecified atom stereocenters. The molecule has 0 atom stereocenters. The lowest BCUT2D eigenvalue weighted by Gasteiger charge is -2.36. The summed E-state index contributed by atoms with van der Waals surface area (Å²) in [5.41, 5.74) is 5.20. The molecule has 3 amide bonds. The van der Waals surface area contributed by atoms with Gasteiger partial charge in [0.25, 0.3) is 0 Å². The van der Waals surface area contributed by atoms with E-state index in [1.165, 1.54) is 86.8 Å². The number of hydrogen-bond donors (Lipinski definition) is 0. The fourth-order valence-corrected chi connectivity index (χ4v) is 13.6. The van der Waals surface area contributed by atoms with E-state index in [0.717, 1.165) is 38.9 Å². The number of fused-ring (bicyclic) bond motifs is 2. The fraction of sp³-hybridized carbons (Fsp3) is 0.176. The largest absolute Gasteiger partial charge is 0.367 e. The minimum absolute atomic E-state index is 0.0187. The van der Waals surface area contributed by atoms with Crippen molar-refractivity contribution in [3.63, 3.8) is 0 Å². The molecular weight excluding hydrogens is 1440 g/mol. The molecule has 17 rings (SSSR count). The third-order valence-corrected chi connectivity index (χ3v) is 19.6. The standard InChI is InChI=1S/2C29H24F2N6O.C27H22F2N6O/c30-24-9-5-20(6-10-24)28-33-29(21-7-11-25(31)12-8-21)37(34-28)19-27(38)36-15-13-35(14-16-36)26-17-22-3-1-2-4-23(22)18-32-26;30-23-9-5-21(6-10-23)27-33-28(22-7-11-24(31)12-8-22)37(34-27)19-26(38)35-15-17-36(18-16-35)29-25-4-2-1-3-20(25)13-14-32-29;28-22-9-5-19(6-10-22)26-31-27(20-7-11-23(29)12-8-20)35(32-26)18-25(36)34-15-13-33(14-16-34)24-4-2-1-3-21(24)17-30/h1-12,17-18H,13-16,19H2;1-14H,15-19H2;1-12H,13-16,18H2. The number of anilines is 3. The van der Waals surface area contributed by atoms with E-state index in [1.54, 1.807) is 83.8 Å². The van der Waals surface area contributed by atoms with Gasteiger partial charge in [0.2, 0.25) is 17.7 Å². The van der Waals surface area contributed by atoms with Crippen molar-refractivity contribution in [3.8, 4) is 74.4 Å². The second-order valence-electron chi connectivity index (χ2n) is 26.8. The van der Waals surface area contributed by atoms with Crippen LogP contribution in [0.4, 0.5) is 43.7 Å². The molecular formula is C85H70F6N18O3. The summed E-state index contributed by atoms with van der Waals surface area (Å²) in [5.74, 6) is 1.70. The van der Waals surface area contributed by atoms with Crippen LogP contribution >= 0.6 is 0 Å². The van der Waals surface area contributed by atoms with Gasteiger partial charge in [0.1, 0.15) is 72.2 Å². The zero-order valence-corrected chi connectivity index (χ0v) is 60.2. The van der Waals surface area contributed by atoms with Crippen LogP contribution in [0.25, 0.3) is 89.9 Å². The van der Waals surface area contributed by atoms with Crippen LogP contribution in [0.2, 0.25) is 0 Å². The van der Waals surface area contributed by atoms with Crippen LogP contribution in [0.5, 0.6) is 0 Å². The predicted molar refractivity (Wildman–Crippen MR) is 413 cm³/mol. The number of nitrogens with zero attached hydrogens (tertiary/aromatic N) is 18. The van der Waals surface area contributed by atoms with Gasteiger partial charge in [-0.1, -0.05) is 60.7 Å². The predicted octanol–water partition coefficient (Wildman–Crippen LogP) is 13.7. The van der Waals surface area contributed by atoms with Crippen molar-refractivity contribution in [1.82, 2.24) is 69.0 Å². The molecule has 560 valence electrons. The van der Waals surface area contributed by atoms with Crippen LogP contribution in [0.15, 0.2) is 243 Å². The average molecular weight is 1510 g/mol. The maximum Gasteiger partial charge on any atom is 0.244 e. The van der Waals surface area contributed by atoms with Gasteiger partial charge in [0.15, 0.2) is 34.9 Å². The summed E-state index contributed by atoms with van der Waals surface area (Å²) < 4.78 is 85.5. The Kier molecular flexibility index (Phi) is 21.9. The first-order valence-corrected chi connectivity index (χ1v) is 36.3. The molecule has 3 fully saturated rings. The number of amides is 3. The van der Waals surface area contributed by atoms with Crippen molar-refractivity contribution in [2.24, 2.45) is 0 Å². The molecule has 14 aromatic rings. The maximum atomic E-state index is 13.6. The number of hydrogen-bond acceptors (Lipinski definition) is 15. The summed E-state index contributed by atoms with van der Waals surface area (Å²) in [6, 6.07) is 65.0. The minimum atomic E-state index is -0.379. The first kappa shape index (κ1) is 73.6. The SMILES string of the molecule is N#Cc1ccccc1N1CCN(C(=O)Cn2nc(-c3ccc(F)cc3)nc2-c2ccc(F)cc2)CC1.O=C(Cn1nc(-c2ccc(F)cc2)nc1-c1ccc(F)cc1)N1CCN(c2cc3ccccc3cn2)CC1.O=C(Cn1nc(-c2ccc(F)cc2)nc1-c1ccc(F)cc1)N1CCN(c2nccc3ccccc23)CC1. The van der Waals surface area contributed by atoms with E-state index in [4.69, 9.17) is 0 Å². The Balaban J connectivity index is 0.000000133. The van der Waals surface area contributed by atoms with E-state index < -0.39 is 0 Å². The molecule has 9 aromatic carbocycles. The molecule has 3 saturated heterocycles. The lowest BCUT2D eigenvalue weighted by atomic mass is 10.1. The Labute approximate surface area is 639 Å². The molecule has 21 nitrogen and oxygen atoms in total. The fourth-order valence-electron chi connectivity index (χ4n) is 13.6. The van der Waals surface area contributed by atoms with Crippen molar-refractivity contribution >= 4 is 56.6 Å². The second-order valence-corrected chi connectivity index (χ2v) is 26.8. The first-order chi connectivity index (χ1) is 54.6. The number of pyridine rings is 2. The van der Waals surface area contributed by atoms with Crippen LogP contribution in [-0.2, 0) is 34.0 Å². The van der Waals surface area contributed by atoms with Crippen LogP contribution in [-0.4, -0.2) is 165 Å². The Hall–Kier alpha value is -13.9. The number of rotatable bonds is 15. The van der Waals surface area contributed by atoms with Gasteiger partial charge in [-0.3, -0.25) is 14.4 Å².